The van der Waals surface area contributed by atoms with Gasteiger partial charge in [-0.15, -0.1) is 0 Å². The fourth-order valence-corrected chi connectivity index (χ4v) is 5.80. The van der Waals surface area contributed by atoms with Crippen molar-refractivity contribution in [2.75, 3.05) is 13.2 Å². The smallest absolute Gasteiger partial charge is 0.189 e. The molecular formula is C30H57NO12. The Kier molecular flexibility index (Phi) is 17.5. The van der Waals surface area contributed by atoms with Gasteiger partial charge in [0.25, 0.3) is 0 Å². The van der Waals surface area contributed by atoms with Crippen LogP contribution in [0.15, 0.2) is 0 Å². The molecule has 0 amide bonds. The highest BCUT2D eigenvalue weighted by atomic mass is 16.7. The third-order valence-corrected chi connectivity index (χ3v) is 8.63. The first kappa shape index (κ1) is 38.4. The van der Waals surface area contributed by atoms with Crippen LogP contribution in [0, 0.1) is 0 Å². The lowest BCUT2D eigenvalue weighted by Crippen LogP contribution is -2.74. The molecule has 1 unspecified atom stereocenters. The van der Waals surface area contributed by atoms with Crippen molar-refractivity contribution in [3.63, 3.8) is 0 Å². The van der Waals surface area contributed by atoms with Gasteiger partial charge in [-0.2, -0.15) is 0 Å². The van der Waals surface area contributed by atoms with Crippen molar-refractivity contribution in [3.05, 3.63) is 0 Å². The van der Waals surface area contributed by atoms with E-state index in [-0.39, 0.29) is 5.78 Å². The first-order chi connectivity index (χ1) is 20.5. The molecule has 0 radical (unpaired) electrons. The molecule has 2 fully saturated rings. The van der Waals surface area contributed by atoms with E-state index in [0.717, 1.165) is 19.3 Å². The monoisotopic (exact) mass is 623 g/mol. The Balaban J connectivity index is 1.90. The van der Waals surface area contributed by atoms with Crippen molar-refractivity contribution in [1.29, 1.82) is 0 Å². The van der Waals surface area contributed by atoms with Gasteiger partial charge in [-0.05, 0) is 13.3 Å². The Morgan fingerprint density at radius 1 is 0.791 bits per heavy atom. The molecule has 2 heterocycles. The topological polar surface area (TPSA) is 219 Å². The Bertz CT molecular complexity index is 775. The van der Waals surface area contributed by atoms with Crippen LogP contribution in [0.1, 0.15) is 104 Å². The van der Waals surface area contributed by atoms with Gasteiger partial charge in [-0.3, -0.25) is 10.1 Å². The van der Waals surface area contributed by atoms with Crippen LogP contribution >= 0.6 is 0 Å². The fraction of sp³-hybridized carbons (Fsp3) is 0.967. The lowest BCUT2D eigenvalue weighted by Gasteiger charge is -2.50. The number of rotatable bonds is 21. The number of ether oxygens (including phenoxy) is 3. The van der Waals surface area contributed by atoms with Gasteiger partial charge < -0.3 is 55.1 Å². The molecule has 2 aliphatic heterocycles. The predicted octanol–water partition coefficient (Wildman–Crippen LogP) is -0.0410. The maximum Gasteiger partial charge on any atom is 0.189 e. The van der Waals surface area contributed by atoms with Crippen LogP contribution in [-0.2, 0) is 19.0 Å². The van der Waals surface area contributed by atoms with Crippen LogP contribution in [0.4, 0.5) is 0 Å². The molecule has 0 spiro atoms. The summed E-state index contributed by atoms with van der Waals surface area (Å²) < 4.78 is 16.4. The second-order valence-corrected chi connectivity index (χ2v) is 12.1. The zero-order valence-corrected chi connectivity index (χ0v) is 25.8. The van der Waals surface area contributed by atoms with Crippen molar-refractivity contribution in [2.24, 2.45) is 0 Å². The molecule has 13 heteroatoms. The van der Waals surface area contributed by atoms with E-state index < -0.39 is 80.3 Å². The van der Waals surface area contributed by atoms with Crippen molar-refractivity contribution in [1.82, 2.24) is 5.32 Å². The highest BCUT2D eigenvalue weighted by molar-refractivity contribution is 5.81. The van der Waals surface area contributed by atoms with Gasteiger partial charge >= 0.3 is 0 Å². The summed E-state index contributed by atoms with van der Waals surface area (Å²) in [7, 11) is 0. The van der Waals surface area contributed by atoms with Gasteiger partial charge in [0.1, 0.15) is 48.5 Å². The Morgan fingerprint density at radius 2 is 1.33 bits per heavy atom. The molecule has 0 aromatic rings. The minimum Gasteiger partial charge on any atom is -0.394 e. The van der Waals surface area contributed by atoms with E-state index in [1.165, 1.54) is 64.7 Å². The predicted molar refractivity (Wildman–Crippen MR) is 155 cm³/mol. The number of nitrogens with one attached hydrogen (secondary N) is 1. The van der Waals surface area contributed by atoms with Crippen molar-refractivity contribution in [3.8, 4) is 0 Å². The highest BCUT2D eigenvalue weighted by Crippen LogP contribution is 2.33. The van der Waals surface area contributed by atoms with Crippen molar-refractivity contribution in [2.45, 2.75) is 171 Å². The quantitative estimate of drug-likeness (QED) is 0.0768. The average molecular weight is 624 g/mol. The van der Waals surface area contributed by atoms with E-state index in [2.05, 4.69) is 12.2 Å². The van der Waals surface area contributed by atoms with Gasteiger partial charge in [0.2, 0.25) is 0 Å². The number of Topliss-reactive ketones (excluding diaryl/α,β-unsaturated/α-hetero) is 1. The molecule has 0 aliphatic carbocycles. The molecule has 0 aromatic heterocycles. The van der Waals surface area contributed by atoms with Gasteiger partial charge in [0.15, 0.2) is 18.3 Å². The van der Waals surface area contributed by atoms with Gasteiger partial charge in [0, 0.05) is 0 Å². The van der Waals surface area contributed by atoms with Crippen molar-refractivity contribution >= 4 is 5.78 Å². The number of carbonyl (C=O) groups excluding carboxylic acids is 1. The molecule has 0 bridgehead atoms. The molecule has 2 aliphatic rings. The standard InChI is InChI=1S/C30H57NO12/c1-3-4-5-6-7-8-9-10-11-12-13-14-15-16-20(19(2)34)31-30(18-33)27(39)23(36)25(38)29(43-30)42-26-21(17-32)41-28(40)24(37)22(26)35/h20-29,31-33,35-40H,3-18H2,1-2H3/t20?,21-,22-,23-,24-,25-,26-,27-,28-,29+,30-/m1/s1. The number of aliphatic hydroxyl groups excluding tert-OH is 8. The number of hydrogen-bond donors (Lipinski definition) is 9. The number of hydrogen-bond acceptors (Lipinski definition) is 13. The number of unbranched alkanes of at least 4 members (excludes halogenated alkanes) is 12. The normalized spacial score (nSPS) is 35.6. The van der Waals surface area contributed by atoms with Crippen molar-refractivity contribution < 1.29 is 59.9 Å². The third-order valence-electron chi connectivity index (χ3n) is 8.63. The Morgan fingerprint density at radius 3 is 1.81 bits per heavy atom. The Labute approximate surface area is 255 Å². The molecule has 2 saturated heterocycles. The zero-order valence-electron chi connectivity index (χ0n) is 25.8. The average Bonchev–Trinajstić information content (AvgIpc) is 2.99. The maximum atomic E-state index is 12.5. The molecule has 43 heavy (non-hydrogen) atoms. The van der Waals surface area contributed by atoms with E-state index in [9.17, 15) is 45.6 Å². The third kappa shape index (κ3) is 11.2. The molecule has 2 rings (SSSR count). The molecule has 0 saturated carbocycles. The summed E-state index contributed by atoms with van der Waals surface area (Å²) in [6, 6.07) is -0.858. The van der Waals surface area contributed by atoms with E-state index in [4.69, 9.17) is 14.2 Å². The summed E-state index contributed by atoms with van der Waals surface area (Å²) in [6.45, 7) is 1.91. The van der Waals surface area contributed by atoms with E-state index in [1.54, 1.807) is 0 Å². The number of aliphatic hydroxyl groups is 8. The SMILES string of the molecule is CCCCCCCCCCCCCCCC(N[C@]1(CO)O[C@H](O[C@H]2[C@H](O)[C@@H](O)[C@H](O)O[C@@H]2CO)[C@H](O)[C@@H](O)[C@H]1O)C(C)=O. The summed E-state index contributed by atoms with van der Waals surface area (Å²) in [5, 5.41) is 84.9. The van der Waals surface area contributed by atoms with E-state index in [1.807, 2.05) is 0 Å². The van der Waals surface area contributed by atoms with Gasteiger partial charge in [-0.25, -0.2) is 0 Å². The molecular weight excluding hydrogens is 566 g/mol. The van der Waals surface area contributed by atoms with E-state index >= 15 is 0 Å². The maximum absolute atomic E-state index is 12.5. The summed E-state index contributed by atoms with van der Waals surface area (Å²) in [4.78, 5) is 12.5. The van der Waals surface area contributed by atoms with Gasteiger partial charge in [-0.1, -0.05) is 90.4 Å². The van der Waals surface area contributed by atoms with E-state index in [0.29, 0.717) is 12.8 Å². The minimum atomic E-state index is -2.14. The second kappa shape index (κ2) is 19.6. The lowest BCUT2D eigenvalue weighted by molar-refractivity contribution is -0.380. The summed E-state index contributed by atoms with van der Waals surface area (Å²) in [5.41, 5.74) is -2.14. The zero-order chi connectivity index (χ0) is 32.0. The van der Waals surface area contributed by atoms with Crippen LogP contribution in [0.2, 0.25) is 0 Å². The summed E-state index contributed by atoms with van der Waals surface area (Å²) >= 11 is 0. The highest BCUT2D eigenvalue weighted by Gasteiger charge is 2.56. The molecule has 0 aromatic carbocycles. The largest absolute Gasteiger partial charge is 0.394 e. The van der Waals surface area contributed by atoms with Crippen LogP contribution < -0.4 is 5.32 Å². The first-order valence-corrected chi connectivity index (χ1v) is 16.1. The Hall–Kier alpha value is -0.810. The lowest BCUT2D eigenvalue weighted by atomic mass is 9.91. The summed E-state index contributed by atoms with van der Waals surface area (Å²) in [5.74, 6) is -0.283. The first-order valence-electron chi connectivity index (χ1n) is 16.1. The van der Waals surface area contributed by atoms with Gasteiger partial charge in [0.05, 0.1) is 19.3 Å². The van der Waals surface area contributed by atoms with Crippen LogP contribution in [-0.4, -0.2) is 127 Å². The fourth-order valence-electron chi connectivity index (χ4n) is 5.80. The number of ketones is 1. The molecule has 254 valence electrons. The van der Waals surface area contributed by atoms with Crippen LogP contribution in [0.25, 0.3) is 0 Å². The van der Waals surface area contributed by atoms with Crippen LogP contribution in [0.3, 0.4) is 0 Å². The molecule has 13 nitrogen and oxygen atoms in total. The minimum absolute atomic E-state index is 0.283. The molecule has 11 atom stereocenters. The summed E-state index contributed by atoms with van der Waals surface area (Å²) in [6.07, 6.45) is -0.182. The molecule has 9 N–H and O–H groups in total. The second-order valence-electron chi connectivity index (χ2n) is 12.1. The van der Waals surface area contributed by atoms with Crippen LogP contribution in [0.5, 0.6) is 0 Å². The number of carbonyl (C=O) groups is 1.